The van der Waals surface area contributed by atoms with Gasteiger partial charge >= 0.3 is 5.97 Å². The minimum atomic E-state index is -0.768. The fraction of sp³-hybridized carbons (Fsp3) is 0.958. The number of hydrogen-bond donors (Lipinski definition) is 4. The summed E-state index contributed by atoms with van der Waals surface area (Å²) in [7, 11) is 0. The molecule has 4 rings (SSSR count). The fourth-order valence-electron chi connectivity index (χ4n) is 8.82. The van der Waals surface area contributed by atoms with Crippen molar-refractivity contribution in [2.75, 3.05) is 0 Å². The lowest BCUT2D eigenvalue weighted by Gasteiger charge is -2.62. The van der Waals surface area contributed by atoms with E-state index in [0.29, 0.717) is 24.2 Å². The van der Waals surface area contributed by atoms with Gasteiger partial charge in [0.2, 0.25) is 0 Å². The molecule has 4 aliphatic carbocycles. The quantitative estimate of drug-likeness (QED) is 0.571. The molecule has 0 aliphatic heterocycles. The summed E-state index contributed by atoms with van der Waals surface area (Å²) < 4.78 is 0. The van der Waals surface area contributed by atoms with Crippen LogP contribution in [0.2, 0.25) is 0 Å². The van der Waals surface area contributed by atoms with Crippen LogP contribution < -0.4 is 0 Å². The third-order valence-electron chi connectivity index (χ3n) is 10.2. The molecule has 4 fully saturated rings. The Balaban J connectivity index is 1.59. The maximum Gasteiger partial charge on any atom is 0.303 e. The van der Waals surface area contributed by atoms with E-state index in [2.05, 4.69) is 20.8 Å². The van der Waals surface area contributed by atoms with Crippen molar-refractivity contribution in [2.24, 2.45) is 46.3 Å². The van der Waals surface area contributed by atoms with Gasteiger partial charge in [-0.3, -0.25) is 4.79 Å². The van der Waals surface area contributed by atoms with Crippen LogP contribution in [0.1, 0.15) is 78.6 Å². The van der Waals surface area contributed by atoms with Crippen LogP contribution in [0.3, 0.4) is 0 Å². The topological polar surface area (TPSA) is 98.0 Å². The van der Waals surface area contributed by atoms with Crippen LogP contribution in [0.5, 0.6) is 0 Å². The molecule has 4 saturated carbocycles. The number of carboxylic acid groups (broad SMARTS) is 1. The maximum absolute atomic E-state index is 11.3. The second-order valence-corrected chi connectivity index (χ2v) is 11.5. The SMILES string of the molecule is CC(CCC(=O)O)C1C(O)CC2C3C(O)CC4CC(O)CCC4(C)C3CCC21C. The van der Waals surface area contributed by atoms with Gasteiger partial charge in [-0.15, -0.1) is 0 Å². The number of hydrogen-bond acceptors (Lipinski definition) is 4. The summed E-state index contributed by atoms with van der Waals surface area (Å²) in [4.78, 5) is 11.1. The number of rotatable bonds is 4. The summed E-state index contributed by atoms with van der Waals surface area (Å²) in [6.07, 6.45) is 6.14. The molecule has 0 aromatic carbocycles. The molecule has 166 valence electrons. The standard InChI is InChI=1S/C24H40O5/c1-13(4-5-20(28)29)22-19(27)12-17-21-16(7-9-24(17,22)3)23(2)8-6-15(25)10-14(23)11-18(21)26/h13-19,21-22,25-27H,4-12H2,1-3H3,(H,28,29). The molecule has 11 atom stereocenters. The van der Waals surface area contributed by atoms with Crippen molar-refractivity contribution in [1.29, 1.82) is 0 Å². The molecule has 0 bridgehead atoms. The van der Waals surface area contributed by atoms with Crippen molar-refractivity contribution in [1.82, 2.24) is 0 Å². The lowest BCUT2D eigenvalue weighted by Crippen LogP contribution is -2.58. The number of aliphatic hydroxyl groups is 3. The number of aliphatic hydroxyl groups excluding tert-OH is 3. The van der Waals surface area contributed by atoms with Crippen molar-refractivity contribution in [3.8, 4) is 0 Å². The smallest absolute Gasteiger partial charge is 0.303 e. The van der Waals surface area contributed by atoms with Gasteiger partial charge in [0.05, 0.1) is 18.3 Å². The molecule has 5 nitrogen and oxygen atoms in total. The van der Waals surface area contributed by atoms with Crippen LogP contribution >= 0.6 is 0 Å². The predicted octanol–water partition coefficient (Wildman–Crippen LogP) is 3.45. The molecule has 4 aliphatic rings. The Kier molecular flexibility index (Phi) is 5.57. The maximum atomic E-state index is 11.3. The van der Waals surface area contributed by atoms with Gasteiger partial charge in [0.15, 0.2) is 0 Å². The van der Waals surface area contributed by atoms with Gasteiger partial charge < -0.3 is 20.4 Å². The van der Waals surface area contributed by atoms with Crippen molar-refractivity contribution >= 4 is 5.97 Å². The van der Waals surface area contributed by atoms with Crippen LogP contribution in [-0.2, 0) is 4.79 Å². The van der Waals surface area contributed by atoms with Gasteiger partial charge in [-0.25, -0.2) is 0 Å². The van der Waals surface area contributed by atoms with Gasteiger partial charge in [0, 0.05) is 6.42 Å². The number of carbonyl (C=O) groups is 1. The Labute approximate surface area is 174 Å². The fourth-order valence-corrected chi connectivity index (χ4v) is 8.82. The summed E-state index contributed by atoms with van der Waals surface area (Å²) in [5, 5.41) is 41.6. The van der Waals surface area contributed by atoms with Gasteiger partial charge in [0.25, 0.3) is 0 Å². The Morgan fingerprint density at radius 3 is 2.34 bits per heavy atom. The predicted molar refractivity (Wildman–Crippen MR) is 110 cm³/mol. The highest BCUT2D eigenvalue weighted by Gasteiger charge is 2.64. The lowest BCUT2D eigenvalue weighted by molar-refractivity contribution is -0.174. The van der Waals surface area contributed by atoms with E-state index in [1.807, 2.05) is 0 Å². The molecule has 0 radical (unpaired) electrons. The first kappa shape index (κ1) is 21.6. The molecule has 11 unspecified atom stereocenters. The summed E-state index contributed by atoms with van der Waals surface area (Å²) in [5.74, 6) is 0.881. The van der Waals surface area contributed by atoms with Crippen LogP contribution in [0, 0.1) is 46.3 Å². The van der Waals surface area contributed by atoms with Crippen LogP contribution in [-0.4, -0.2) is 44.7 Å². The molecule has 29 heavy (non-hydrogen) atoms. The van der Waals surface area contributed by atoms with Crippen molar-refractivity contribution < 1.29 is 25.2 Å². The first-order chi connectivity index (χ1) is 13.6. The van der Waals surface area contributed by atoms with Crippen molar-refractivity contribution in [2.45, 2.75) is 96.9 Å². The van der Waals surface area contributed by atoms with E-state index >= 15 is 0 Å². The molecule has 0 aromatic heterocycles. The highest BCUT2D eigenvalue weighted by molar-refractivity contribution is 5.66. The molecule has 0 aromatic rings. The number of carboxylic acids is 1. The molecular formula is C24H40O5. The van der Waals surface area contributed by atoms with E-state index in [1.54, 1.807) is 0 Å². The number of aliphatic carboxylic acids is 1. The van der Waals surface area contributed by atoms with E-state index in [-0.39, 0.29) is 47.2 Å². The molecule has 4 N–H and O–H groups in total. The van der Waals surface area contributed by atoms with E-state index in [0.717, 1.165) is 44.9 Å². The second-order valence-electron chi connectivity index (χ2n) is 11.5. The zero-order valence-corrected chi connectivity index (χ0v) is 18.3. The van der Waals surface area contributed by atoms with E-state index in [9.17, 15) is 20.1 Å². The van der Waals surface area contributed by atoms with Crippen molar-refractivity contribution in [3.63, 3.8) is 0 Å². The molecule has 0 saturated heterocycles. The summed E-state index contributed by atoms with van der Waals surface area (Å²) in [5.41, 5.74) is 0.152. The third kappa shape index (κ3) is 3.36. The van der Waals surface area contributed by atoms with Crippen LogP contribution in [0.25, 0.3) is 0 Å². The zero-order chi connectivity index (χ0) is 21.1. The largest absolute Gasteiger partial charge is 0.481 e. The minimum Gasteiger partial charge on any atom is -0.481 e. The van der Waals surface area contributed by atoms with E-state index in [4.69, 9.17) is 5.11 Å². The Hall–Kier alpha value is -0.650. The third-order valence-corrected chi connectivity index (χ3v) is 10.2. The van der Waals surface area contributed by atoms with Gasteiger partial charge in [-0.2, -0.15) is 0 Å². The molecule has 0 heterocycles. The first-order valence-electron chi connectivity index (χ1n) is 11.8. The highest BCUT2D eigenvalue weighted by Crippen LogP contribution is 2.68. The van der Waals surface area contributed by atoms with Gasteiger partial charge in [-0.1, -0.05) is 20.8 Å². The molecular weight excluding hydrogens is 368 g/mol. The first-order valence-corrected chi connectivity index (χ1v) is 11.8. The average molecular weight is 409 g/mol. The monoisotopic (exact) mass is 408 g/mol. The van der Waals surface area contributed by atoms with E-state index < -0.39 is 12.1 Å². The summed E-state index contributed by atoms with van der Waals surface area (Å²) in [6.45, 7) is 6.81. The average Bonchev–Trinajstić information content (AvgIpc) is 2.91. The Bertz CT molecular complexity index is 637. The lowest BCUT2D eigenvalue weighted by atomic mass is 9.43. The Morgan fingerprint density at radius 2 is 1.66 bits per heavy atom. The summed E-state index contributed by atoms with van der Waals surface area (Å²) >= 11 is 0. The minimum absolute atomic E-state index is 0.0309. The number of fused-ring (bicyclic) bond motifs is 5. The molecule has 5 heteroatoms. The second kappa shape index (κ2) is 7.49. The molecule has 0 amide bonds. The van der Waals surface area contributed by atoms with Crippen LogP contribution in [0.4, 0.5) is 0 Å². The van der Waals surface area contributed by atoms with Gasteiger partial charge in [-0.05, 0) is 97.7 Å². The van der Waals surface area contributed by atoms with E-state index in [1.165, 1.54) is 0 Å². The van der Waals surface area contributed by atoms with Crippen LogP contribution in [0.15, 0.2) is 0 Å². The highest BCUT2D eigenvalue weighted by atomic mass is 16.4. The van der Waals surface area contributed by atoms with Gasteiger partial charge in [0.1, 0.15) is 0 Å². The Morgan fingerprint density at radius 1 is 0.966 bits per heavy atom. The van der Waals surface area contributed by atoms with Crippen molar-refractivity contribution in [3.05, 3.63) is 0 Å². The summed E-state index contributed by atoms with van der Waals surface area (Å²) in [6, 6.07) is 0. The zero-order valence-electron chi connectivity index (χ0n) is 18.3. The normalized spacial score (nSPS) is 52.9. The molecule has 0 spiro atoms.